The van der Waals surface area contributed by atoms with Gasteiger partial charge < -0.3 is 5.73 Å². The second kappa shape index (κ2) is 3.56. The zero-order valence-corrected chi connectivity index (χ0v) is 10.2. The van der Waals surface area contributed by atoms with Crippen molar-refractivity contribution in [2.24, 2.45) is 0 Å². The highest BCUT2D eigenvalue weighted by Gasteiger charge is 2.17. The van der Waals surface area contributed by atoms with Crippen molar-refractivity contribution in [2.45, 2.75) is 12.8 Å². The van der Waals surface area contributed by atoms with Crippen LogP contribution >= 0.6 is 15.9 Å². The Labute approximate surface area is 102 Å². The van der Waals surface area contributed by atoms with Crippen molar-refractivity contribution in [3.05, 3.63) is 40.1 Å². The summed E-state index contributed by atoms with van der Waals surface area (Å²) in [5.41, 5.74) is 10.3. The van der Waals surface area contributed by atoms with Gasteiger partial charge in [0.1, 0.15) is 0 Å². The van der Waals surface area contributed by atoms with Crippen molar-refractivity contribution in [2.75, 3.05) is 5.73 Å². The molecule has 3 rings (SSSR count). The molecule has 0 amide bonds. The zero-order valence-electron chi connectivity index (χ0n) is 8.57. The lowest BCUT2D eigenvalue weighted by atomic mass is 9.89. The van der Waals surface area contributed by atoms with Crippen LogP contribution in [0.2, 0.25) is 0 Å². The standard InChI is InChI=1S/C12H10BrN3/c13-8-3-1-7-2-4-11-10(9(7)5-8)6-15-12(14)16-11/h1,3,5-6H,2,4H2,(H2,14,15,16). The lowest BCUT2D eigenvalue weighted by molar-refractivity contribution is 0.887. The molecule has 0 fully saturated rings. The molecule has 2 aromatic rings. The van der Waals surface area contributed by atoms with E-state index in [9.17, 15) is 0 Å². The molecule has 2 N–H and O–H groups in total. The molecular formula is C12H10BrN3. The van der Waals surface area contributed by atoms with Crippen molar-refractivity contribution < 1.29 is 0 Å². The summed E-state index contributed by atoms with van der Waals surface area (Å²) in [6.45, 7) is 0. The number of nitrogens with zero attached hydrogens (tertiary/aromatic N) is 2. The molecule has 1 aliphatic rings. The number of aryl methyl sites for hydroxylation is 2. The highest BCUT2D eigenvalue weighted by Crippen LogP contribution is 2.33. The second-order valence-electron chi connectivity index (χ2n) is 3.89. The van der Waals surface area contributed by atoms with E-state index in [1.807, 2.05) is 6.20 Å². The lowest BCUT2D eigenvalue weighted by Crippen LogP contribution is -2.08. The molecule has 0 radical (unpaired) electrons. The Morgan fingerprint density at radius 3 is 2.94 bits per heavy atom. The van der Waals surface area contributed by atoms with Crippen molar-refractivity contribution in [3.63, 3.8) is 0 Å². The fraction of sp³-hybridized carbons (Fsp3) is 0.167. The number of benzene rings is 1. The van der Waals surface area contributed by atoms with Gasteiger partial charge in [-0.05, 0) is 36.1 Å². The third-order valence-corrected chi connectivity index (χ3v) is 3.37. The Morgan fingerprint density at radius 1 is 1.19 bits per heavy atom. The number of rotatable bonds is 0. The van der Waals surface area contributed by atoms with Gasteiger partial charge in [0, 0.05) is 16.2 Å². The Balaban J connectivity index is 2.25. The molecule has 0 unspecified atom stereocenters. The summed E-state index contributed by atoms with van der Waals surface area (Å²) in [6, 6.07) is 6.34. The average molecular weight is 276 g/mol. The minimum absolute atomic E-state index is 0.359. The molecule has 0 aliphatic heterocycles. The number of hydrogen-bond acceptors (Lipinski definition) is 3. The molecule has 0 saturated heterocycles. The van der Waals surface area contributed by atoms with Crippen molar-refractivity contribution in [1.82, 2.24) is 9.97 Å². The number of nitrogens with two attached hydrogens (primary N) is 1. The Kier molecular flexibility index (Phi) is 2.17. The van der Waals surface area contributed by atoms with Gasteiger partial charge in [-0.25, -0.2) is 9.97 Å². The van der Waals surface area contributed by atoms with E-state index in [2.05, 4.69) is 44.1 Å². The zero-order chi connectivity index (χ0) is 11.1. The first kappa shape index (κ1) is 9.78. The van der Waals surface area contributed by atoms with E-state index in [-0.39, 0.29) is 0 Å². The SMILES string of the molecule is Nc1ncc2c(n1)CCc1ccc(Br)cc1-2. The minimum atomic E-state index is 0.359. The third kappa shape index (κ3) is 1.50. The fourth-order valence-electron chi connectivity index (χ4n) is 2.12. The summed E-state index contributed by atoms with van der Waals surface area (Å²) in [7, 11) is 0. The number of halogens is 1. The number of anilines is 1. The summed E-state index contributed by atoms with van der Waals surface area (Å²) in [5, 5.41) is 0. The van der Waals surface area contributed by atoms with Gasteiger partial charge in [-0.3, -0.25) is 0 Å². The first-order chi connectivity index (χ1) is 7.74. The predicted octanol–water partition coefficient (Wildman–Crippen LogP) is 2.59. The molecule has 1 aromatic heterocycles. The molecule has 80 valence electrons. The summed E-state index contributed by atoms with van der Waals surface area (Å²) >= 11 is 3.49. The van der Waals surface area contributed by atoms with Crippen LogP contribution in [-0.4, -0.2) is 9.97 Å². The molecule has 1 aromatic carbocycles. The van der Waals surface area contributed by atoms with Crippen LogP contribution in [0.15, 0.2) is 28.9 Å². The monoisotopic (exact) mass is 275 g/mol. The summed E-state index contributed by atoms with van der Waals surface area (Å²) in [5.74, 6) is 0.359. The van der Waals surface area contributed by atoms with E-state index in [4.69, 9.17) is 5.73 Å². The third-order valence-electron chi connectivity index (χ3n) is 2.88. The number of hydrogen-bond donors (Lipinski definition) is 1. The molecule has 1 heterocycles. The van der Waals surface area contributed by atoms with Crippen LogP contribution in [0.4, 0.5) is 5.95 Å². The predicted molar refractivity (Wildman–Crippen MR) is 67.0 cm³/mol. The number of nitrogen functional groups attached to an aromatic ring is 1. The molecule has 0 atom stereocenters. The van der Waals surface area contributed by atoms with Crippen molar-refractivity contribution in [3.8, 4) is 11.1 Å². The molecular weight excluding hydrogens is 266 g/mol. The molecule has 4 heteroatoms. The van der Waals surface area contributed by atoms with Gasteiger partial charge in [0.15, 0.2) is 0 Å². The summed E-state index contributed by atoms with van der Waals surface area (Å²) in [4.78, 5) is 8.37. The van der Waals surface area contributed by atoms with Gasteiger partial charge in [0.2, 0.25) is 5.95 Å². The quantitative estimate of drug-likeness (QED) is 0.804. The topological polar surface area (TPSA) is 51.8 Å². The van der Waals surface area contributed by atoms with E-state index in [0.717, 1.165) is 28.6 Å². The van der Waals surface area contributed by atoms with Crippen LogP contribution in [-0.2, 0) is 12.8 Å². The van der Waals surface area contributed by atoms with Crippen LogP contribution in [0.25, 0.3) is 11.1 Å². The maximum atomic E-state index is 5.60. The maximum absolute atomic E-state index is 5.60. The highest BCUT2D eigenvalue weighted by molar-refractivity contribution is 9.10. The van der Waals surface area contributed by atoms with E-state index in [1.165, 1.54) is 11.1 Å². The largest absolute Gasteiger partial charge is 0.368 e. The van der Waals surface area contributed by atoms with E-state index in [0.29, 0.717) is 5.95 Å². The molecule has 0 bridgehead atoms. The molecule has 0 spiro atoms. The number of aromatic nitrogens is 2. The van der Waals surface area contributed by atoms with E-state index < -0.39 is 0 Å². The van der Waals surface area contributed by atoms with Crippen molar-refractivity contribution in [1.29, 1.82) is 0 Å². The second-order valence-corrected chi connectivity index (χ2v) is 4.81. The van der Waals surface area contributed by atoms with Crippen LogP contribution in [0.3, 0.4) is 0 Å². The van der Waals surface area contributed by atoms with Gasteiger partial charge in [0.05, 0.1) is 5.69 Å². The number of fused-ring (bicyclic) bond motifs is 3. The smallest absolute Gasteiger partial charge is 0.220 e. The van der Waals surface area contributed by atoms with Crippen LogP contribution in [0.5, 0.6) is 0 Å². The van der Waals surface area contributed by atoms with Gasteiger partial charge >= 0.3 is 0 Å². The first-order valence-electron chi connectivity index (χ1n) is 5.14. The summed E-state index contributed by atoms with van der Waals surface area (Å²) in [6.07, 6.45) is 3.78. The molecule has 0 saturated carbocycles. The average Bonchev–Trinajstić information content (AvgIpc) is 2.28. The fourth-order valence-corrected chi connectivity index (χ4v) is 2.48. The minimum Gasteiger partial charge on any atom is -0.368 e. The van der Waals surface area contributed by atoms with Gasteiger partial charge in [-0.15, -0.1) is 0 Å². The van der Waals surface area contributed by atoms with Gasteiger partial charge in [0.25, 0.3) is 0 Å². The maximum Gasteiger partial charge on any atom is 0.220 e. The van der Waals surface area contributed by atoms with E-state index in [1.54, 1.807) is 0 Å². The van der Waals surface area contributed by atoms with E-state index >= 15 is 0 Å². The van der Waals surface area contributed by atoms with Crippen LogP contribution in [0.1, 0.15) is 11.3 Å². The molecule has 1 aliphatic carbocycles. The molecule has 16 heavy (non-hydrogen) atoms. The Bertz CT molecular complexity index is 566. The van der Waals surface area contributed by atoms with Crippen LogP contribution < -0.4 is 5.73 Å². The Morgan fingerprint density at radius 2 is 2.06 bits per heavy atom. The lowest BCUT2D eigenvalue weighted by Gasteiger charge is -2.18. The van der Waals surface area contributed by atoms with Gasteiger partial charge in [-0.2, -0.15) is 0 Å². The normalized spacial score (nSPS) is 13.1. The van der Waals surface area contributed by atoms with Gasteiger partial charge in [-0.1, -0.05) is 22.0 Å². The summed E-state index contributed by atoms with van der Waals surface area (Å²) < 4.78 is 1.08. The first-order valence-corrected chi connectivity index (χ1v) is 5.93. The van der Waals surface area contributed by atoms with Crippen LogP contribution in [0, 0.1) is 0 Å². The Hall–Kier alpha value is -1.42. The highest BCUT2D eigenvalue weighted by atomic mass is 79.9. The van der Waals surface area contributed by atoms with Crippen molar-refractivity contribution >= 4 is 21.9 Å². The molecule has 3 nitrogen and oxygen atoms in total.